The highest BCUT2D eigenvalue weighted by atomic mass is 16.5. The monoisotopic (exact) mass is 191 g/mol. The Bertz CT molecular complexity index is 331. The van der Waals surface area contributed by atoms with E-state index in [1.807, 2.05) is 0 Å². The van der Waals surface area contributed by atoms with E-state index in [0.717, 1.165) is 0 Å². The van der Waals surface area contributed by atoms with Gasteiger partial charge in [0.15, 0.2) is 0 Å². The van der Waals surface area contributed by atoms with Crippen molar-refractivity contribution in [3.05, 3.63) is 42.5 Å². The third-order valence-electron chi connectivity index (χ3n) is 1.66. The van der Waals surface area contributed by atoms with Gasteiger partial charge in [-0.15, -0.1) is 0 Å². The summed E-state index contributed by atoms with van der Waals surface area (Å²) in [6.07, 6.45) is 1.48. The van der Waals surface area contributed by atoms with Crippen LogP contribution in [0.3, 0.4) is 0 Å². The van der Waals surface area contributed by atoms with Crippen LogP contribution in [0.1, 0.15) is 5.56 Å². The van der Waals surface area contributed by atoms with E-state index in [4.69, 9.17) is 4.74 Å². The van der Waals surface area contributed by atoms with E-state index >= 15 is 0 Å². The Hall–Kier alpha value is -1.77. The molecule has 1 aromatic rings. The summed E-state index contributed by atoms with van der Waals surface area (Å²) in [5, 5.41) is 10.4. The van der Waals surface area contributed by atoms with Crippen LogP contribution in [0.25, 0.3) is 0 Å². The first-order valence-electron chi connectivity index (χ1n) is 4.25. The van der Waals surface area contributed by atoms with Gasteiger partial charge in [0.25, 0.3) is 0 Å². The van der Waals surface area contributed by atoms with Gasteiger partial charge in [0, 0.05) is 12.4 Å². The number of aliphatic carboxylic acids is 1. The maximum absolute atomic E-state index is 10.4. The van der Waals surface area contributed by atoms with Crippen molar-refractivity contribution in [2.24, 2.45) is 0 Å². The Balaban J connectivity index is 2.79. The summed E-state index contributed by atoms with van der Waals surface area (Å²) in [5.41, 5.74) is 0.620. The van der Waals surface area contributed by atoms with Gasteiger partial charge in [-0.25, -0.2) is 0 Å². The molecule has 0 aliphatic carbocycles. The molecule has 0 radical (unpaired) electrons. The first kappa shape index (κ1) is 10.3. The number of ether oxygens (including phenoxy) is 1. The highest BCUT2D eigenvalue weighted by molar-refractivity contribution is 5.69. The number of carbonyl (C=O) groups is 1. The lowest BCUT2D eigenvalue weighted by molar-refractivity contribution is -0.304. The van der Waals surface area contributed by atoms with Crippen LogP contribution < -0.4 is 9.84 Å². The van der Waals surface area contributed by atoms with Crippen molar-refractivity contribution in [3.63, 3.8) is 0 Å². The van der Waals surface area contributed by atoms with E-state index in [-0.39, 0.29) is 6.42 Å². The number of rotatable bonds is 5. The lowest BCUT2D eigenvalue weighted by Crippen LogP contribution is -2.24. The molecule has 74 valence electrons. The van der Waals surface area contributed by atoms with Crippen molar-refractivity contribution in [1.29, 1.82) is 0 Å². The average molecular weight is 191 g/mol. The van der Waals surface area contributed by atoms with Gasteiger partial charge in [-0.05, 0) is 11.6 Å². The van der Waals surface area contributed by atoms with Crippen molar-refractivity contribution in [2.75, 3.05) is 6.61 Å². The molecule has 0 unspecified atom stereocenters. The molecule has 0 saturated heterocycles. The number of hydrogen-bond donors (Lipinski definition) is 0. The Morgan fingerprint density at radius 3 is 2.86 bits per heavy atom. The molecular formula is C11H11O3-. The molecule has 0 amide bonds. The molecule has 3 heteroatoms. The van der Waals surface area contributed by atoms with Crippen LogP contribution in [0.15, 0.2) is 36.9 Å². The summed E-state index contributed by atoms with van der Waals surface area (Å²) in [4.78, 5) is 10.4. The minimum atomic E-state index is -1.11. The van der Waals surface area contributed by atoms with Gasteiger partial charge < -0.3 is 14.6 Å². The number of para-hydroxylation sites is 1. The zero-order chi connectivity index (χ0) is 10.4. The molecule has 0 fully saturated rings. The second-order valence-corrected chi connectivity index (χ2v) is 2.76. The molecule has 1 aromatic carbocycles. The van der Waals surface area contributed by atoms with Crippen LogP contribution in [-0.4, -0.2) is 12.6 Å². The SMILES string of the molecule is C=CCOc1ccccc1CC(=O)[O-]. The van der Waals surface area contributed by atoms with Crippen LogP contribution in [0, 0.1) is 0 Å². The van der Waals surface area contributed by atoms with Crippen molar-refractivity contribution in [2.45, 2.75) is 6.42 Å². The largest absolute Gasteiger partial charge is 0.550 e. The lowest BCUT2D eigenvalue weighted by Gasteiger charge is -2.09. The third kappa shape index (κ3) is 2.94. The van der Waals surface area contributed by atoms with E-state index < -0.39 is 5.97 Å². The molecule has 0 atom stereocenters. The highest BCUT2D eigenvalue weighted by Crippen LogP contribution is 2.17. The summed E-state index contributed by atoms with van der Waals surface area (Å²) >= 11 is 0. The molecule has 0 spiro atoms. The second-order valence-electron chi connectivity index (χ2n) is 2.76. The number of carboxylic acids is 1. The molecule has 0 aliphatic rings. The van der Waals surface area contributed by atoms with Crippen LogP contribution in [-0.2, 0) is 11.2 Å². The average Bonchev–Trinajstić information content (AvgIpc) is 2.16. The van der Waals surface area contributed by atoms with Crippen molar-refractivity contribution < 1.29 is 14.6 Å². The summed E-state index contributed by atoms with van der Waals surface area (Å²) in [5.74, 6) is -0.545. The van der Waals surface area contributed by atoms with Crippen LogP contribution in [0.2, 0.25) is 0 Å². The molecule has 0 heterocycles. The Labute approximate surface area is 82.6 Å². The zero-order valence-electron chi connectivity index (χ0n) is 7.73. The normalized spacial score (nSPS) is 9.43. The van der Waals surface area contributed by atoms with Gasteiger partial charge in [-0.2, -0.15) is 0 Å². The molecule has 0 aromatic heterocycles. The smallest absolute Gasteiger partial charge is 0.123 e. The van der Waals surface area contributed by atoms with Crippen LogP contribution in [0.4, 0.5) is 0 Å². The molecule has 14 heavy (non-hydrogen) atoms. The molecule has 0 N–H and O–H groups in total. The van der Waals surface area contributed by atoms with Crippen molar-refractivity contribution in [1.82, 2.24) is 0 Å². The van der Waals surface area contributed by atoms with Gasteiger partial charge in [-0.1, -0.05) is 30.9 Å². The number of benzene rings is 1. The first-order valence-corrected chi connectivity index (χ1v) is 4.25. The predicted molar refractivity (Wildman–Crippen MR) is 50.8 cm³/mol. The van der Waals surface area contributed by atoms with E-state index in [0.29, 0.717) is 17.9 Å². The quantitative estimate of drug-likeness (QED) is 0.638. The standard InChI is InChI=1S/C11H12O3/c1-2-7-14-10-6-4-3-5-9(10)8-11(12)13/h2-6H,1,7-8H2,(H,12,13)/p-1. The summed E-state index contributed by atoms with van der Waals surface area (Å²) in [6, 6.07) is 6.98. The zero-order valence-corrected chi connectivity index (χ0v) is 7.73. The lowest BCUT2D eigenvalue weighted by atomic mass is 10.1. The third-order valence-corrected chi connectivity index (χ3v) is 1.66. The van der Waals surface area contributed by atoms with E-state index in [2.05, 4.69) is 6.58 Å². The van der Waals surface area contributed by atoms with Gasteiger partial charge in [0.05, 0.1) is 0 Å². The van der Waals surface area contributed by atoms with Gasteiger partial charge >= 0.3 is 0 Å². The minimum Gasteiger partial charge on any atom is -0.550 e. The maximum Gasteiger partial charge on any atom is 0.123 e. The Kier molecular flexibility index (Phi) is 3.73. The predicted octanol–water partition coefficient (Wildman–Crippen LogP) is 0.544. The summed E-state index contributed by atoms with van der Waals surface area (Å²) in [7, 11) is 0. The number of carbonyl (C=O) groups excluding carboxylic acids is 1. The maximum atomic E-state index is 10.4. The van der Waals surface area contributed by atoms with Crippen molar-refractivity contribution in [3.8, 4) is 5.75 Å². The summed E-state index contributed by atoms with van der Waals surface area (Å²) in [6.45, 7) is 3.88. The van der Waals surface area contributed by atoms with Gasteiger partial charge in [-0.3, -0.25) is 0 Å². The molecule has 3 nitrogen and oxygen atoms in total. The molecular weight excluding hydrogens is 180 g/mol. The molecule has 0 bridgehead atoms. The van der Waals surface area contributed by atoms with Gasteiger partial charge in [0.2, 0.25) is 0 Å². The molecule has 0 saturated carbocycles. The Morgan fingerprint density at radius 2 is 2.21 bits per heavy atom. The van der Waals surface area contributed by atoms with E-state index in [1.54, 1.807) is 30.3 Å². The minimum absolute atomic E-state index is 0.132. The van der Waals surface area contributed by atoms with Crippen molar-refractivity contribution >= 4 is 5.97 Å². The highest BCUT2D eigenvalue weighted by Gasteiger charge is 2.01. The number of carboxylic acid groups (broad SMARTS) is 1. The topological polar surface area (TPSA) is 49.4 Å². The molecule has 0 aliphatic heterocycles. The first-order chi connectivity index (χ1) is 6.74. The fourth-order valence-electron chi connectivity index (χ4n) is 1.09. The second kappa shape index (κ2) is 5.07. The van der Waals surface area contributed by atoms with Crippen LogP contribution in [0.5, 0.6) is 5.75 Å². The van der Waals surface area contributed by atoms with Crippen LogP contribution >= 0.6 is 0 Å². The van der Waals surface area contributed by atoms with E-state index in [1.165, 1.54) is 0 Å². The summed E-state index contributed by atoms with van der Waals surface area (Å²) < 4.78 is 5.28. The number of hydrogen-bond acceptors (Lipinski definition) is 3. The Morgan fingerprint density at radius 1 is 1.50 bits per heavy atom. The molecule has 1 rings (SSSR count). The van der Waals surface area contributed by atoms with E-state index in [9.17, 15) is 9.90 Å². The fourth-order valence-corrected chi connectivity index (χ4v) is 1.09. The fraction of sp³-hybridized carbons (Fsp3) is 0.182. The van der Waals surface area contributed by atoms with Gasteiger partial charge in [0.1, 0.15) is 12.4 Å².